The predicted molar refractivity (Wildman–Crippen MR) is 90.0 cm³/mol. The number of Topliss-reactive ketones (excluding diaryl/α,β-unsaturated/α-hetero) is 1. The van der Waals surface area contributed by atoms with Crippen LogP contribution in [0.2, 0.25) is 0 Å². The van der Waals surface area contributed by atoms with E-state index in [0.29, 0.717) is 34.1 Å². The maximum atomic E-state index is 12.5. The highest BCUT2D eigenvalue weighted by Gasteiger charge is 2.20. The van der Waals surface area contributed by atoms with Gasteiger partial charge in [0, 0.05) is 5.56 Å². The van der Waals surface area contributed by atoms with Crippen LogP contribution >= 0.6 is 0 Å². The number of nitrogens with zero attached hydrogens (tertiary/aromatic N) is 1. The summed E-state index contributed by atoms with van der Waals surface area (Å²) in [5.41, 5.74) is 1.02. The third-order valence-electron chi connectivity index (χ3n) is 3.71. The van der Waals surface area contributed by atoms with Crippen LogP contribution in [-0.2, 0) is 0 Å². The Morgan fingerprint density at radius 1 is 1.16 bits per heavy atom. The molecule has 0 radical (unpaired) electrons. The van der Waals surface area contributed by atoms with E-state index < -0.39 is 0 Å². The normalized spacial score (nSPS) is 12.4. The third kappa shape index (κ3) is 3.26. The quantitative estimate of drug-likeness (QED) is 0.473. The monoisotopic (exact) mass is 337 g/mol. The molecule has 25 heavy (non-hydrogen) atoms. The van der Waals surface area contributed by atoms with E-state index in [0.717, 1.165) is 0 Å². The molecule has 0 aliphatic carbocycles. The molecule has 3 rings (SSSR count). The van der Waals surface area contributed by atoms with Gasteiger partial charge in [0.1, 0.15) is 17.4 Å². The minimum Gasteiger partial charge on any atom is -0.497 e. The summed E-state index contributed by atoms with van der Waals surface area (Å²) < 4.78 is 21.0. The highest BCUT2D eigenvalue weighted by Crippen LogP contribution is 2.42. The Balaban J connectivity index is 1.95. The van der Waals surface area contributed by atoms with Gasteiger partial charge in [0.25, 0.3) is 0 Å². The van der Waals surface area contributed by atoms with Crippen molar-refractivity contribution in [2.45, 2.75) is 0 Å². The molecule has 2 aromatic carbocycles. The summed E-state index contributed by atoms with van der Waals surface area (Å²) in [7, 11) is 3.06. The Hall–Kier alpha value is -3.46. The topological polar surface area (TPSA) is 77.8 Å². The van der Waals surface area contributed by atoms with Gasteiger partial charge in [-0.15, -0.1) is 0 Å². The maximum Gasteiger partial charge on any atom is 0.231 e. The molecule has 1 aliphatic heterocycles. The minimum absolute atomic E-state index is 0.00563. The molecule has 1 aliphatic rings. The molecule has 0 aromatic heterocycles. The summed E-state index contributed by atoms with van der Waals surface area (Å²) in [6.45, 7) is 0.106. The molecular weight excluding hydrogens is 322 g/mol. The van der Waals surface area contributed by atoms with Crippen LogP contribution in [-0.4, -0.2) is 26.8 Å². The number of rotatable bonds is 5. The first kappa shape index (κ1) is 16.4. The molecule has 0 amide bonds. The number of carbonyl (C=O) groups excluding carboxylic acids is 1. The molecular formula is C19H15NO5. The van der Waals surface area contributed by atoms with E-state index in [1.54, 1.807) is 43.5 Å². The molecule has 0 N–H and O–H groups in total. The molecule has 126 valence electrons. The van der Waals surface area contributed by atoms with Crippen LogP contribution in [0.1, 0.15) is 15.9 Å². The number of methoxy groups -OCH3 is 2. The molecule has 0 unspecified atom stereocenters. The number of ether oxygens (including phenoxy) is 4. The molecule has 0 atom stereocenters. The number of carbonyl (C=O) groups is 1. The van der Waals surface area contributed by atoms with Crippen molar-refractivity contribution in [3.8, 4) is 29.1 Å². The van der Waals surface area contributed by atoms with Crippen molar-refractivity contribution in [3.05, 3.63) is 53.1 Å². The number of fused-ring (bicyclic) bond motifs is 1. The van der Waals surface area contributed by atoms with E-state index in [-0.39, 0.29) is 18.1 Å². The van der Waals surface area contributed by atoms with Crippen LogP contribution in [0.3, 0.4) is 0 Å². The lowest BCUT2D eigenvalue weighted by atomic mass is 10.0. The van der Waals surface area contributed by atoms with Crippen LogP contribution in [0, 0.1) is 11.3 Å². The fraction of sp³-hybridized carbons (Fsp3) is 0.158. The summed E-state index contributed by atoms with van der Waals surface area (Å²) in [5, 5.41) is 9.39. The molecule has 0 bridgehead atoms. The Labute approximate surface area is 144 Å². The highest BCUT2D eigenvalue weighted by molar-refractivity contribution is 6.14. The number of ketones is 1. The predicted octanol–water partition coefficient (Wildman–Crippen LogP) is 3.22. The van der Waals surface area contributed by atoms with E-state index in [1.165, 1.54) is 13.2 Å². The number of benzene rings is 2. The fourth-order valence-corrected chi connectivity index (χ4v) is 2.45. The Morgan fingerprint density at radius 2 is 1.92 bits per heavy atom. The van der Waals surface area contributed by atoms with Crippen LogP contribution in [0.5, 0.6) is 23.0 Å². The second-order valence-electron chi connectivity index (χ2n) is 5.18. The van der Waals surface area contributed by atoms with Crippen molar-refractivity contribution in [3.63, 3.8) is 0 Å². The van der Waals surface area contributed by atoms with Gasteiger partial charge < -0.3 is 18.9 Å². The molecule has 6 nitrogen and oxygen atoms in total. The molecule has 0 fully saturated rings. The Kier molecular flexibility index (Phi) is 4.57. The first-order valence-corrected chi connectivity index (χ1v) is 7.44. The van der Waals surface area contributed by atoms with Gasteiger partial charge in [-0.05, 0) is 48.0 Å². The van der Waals surface area contributed by atoms with Crippen LogP contribution in [0.25, 0.3) is 6.08 Å². The second-order valence-corrected chi connectivity index (χ2v) is 5.18. The van der Waals surface area contributed by atoms with Crippen molar-refractivity contribution in [1.29, 1.82) is 5.26 Å². The van der Waals surface area contributed by atoms with Gasteiger partial charge in [-0.25, -0.2) is 0 Å². The van der Waals surface area contributed by atoms with Gasteiger partial charge in [0.15, 0.2) is 11.5 Å². The van der Waals surface area contributed by atoms with Crippen molar-refractivity contribution < 1.29 is 23.7 Å². The fourth-order valence-electron chi connectivity index (χ4n) is 2.45. The van der Waals surface area contributed by atoms with E-state index in [2.05, 4.69) is 0 Å². The smallest absolute Gasteiger partial charge is 0.231 e. The minimum atomic E-state index is -0.373. The van der Waals surface area contributed by atoms with Crippen molar-refractivity contribution in [2.75, 3.05) is 21.0 Å². The summed E-state index contributed by atoms with van der Waals surface area (Å²) in [6, 6.07) is 11.9. The molecule has 1 heterocycles. The summed E-state index contributed by atoms with van der Waals surface area (Å²) >= 11 is 0. The number of hydrogen-bond acceptors (Lipinski definition) is 6. The van der Waals surface area contributed by atoms with Gasteiger partial charge >= 0.3 is 0 Å². The molecule has 6 heteroatoms. The largest absolute Gasteiger partial charge is 0.497 e. The van der Waals surface area contributed by atoms with Gasteiger partial charge in [0.2, 0.25) is 18.3 Å². The van der Waals surface area contributed by atoms with Gasteiger partial charge in [-0.2, -0.15) is 5.26 Å². The van der Waals surface area contributed by atoms with Gasteiger partial charge in [-0.3, -0.25) is 4.79 Å². The average molecular weight is 337 g/mol. The summed E-state index contributed by atoms with van der Waals surface area (Å²) in [4.78, 5) is 12.5. The standard InChI is InChI=1S/C19H15NO5/c1-22-15-5-3-13(4-6-15)18(21)14(10-20)7-12-8-16(23-2)19-17(9-12)24-11-25-19/h3-9H,11H2,1-2H3/b14-7+. The van der Waals surface area contributed by atoms with Crippen LogP contribution in [0.4, 0.5) is 0 Å². The van der Waals surface area contributed by atoms with Crippen molar-refractivity contribution in [2.24, 2.45) is 0 Å². The average Bonchev–Trinajstić information content (AvgIpc) is 3.13. The zero-order chi connectivity index (χ0) is 17.8. The molecule has 2 aromatic rings. The SMILES string of the molecule is COc1ccc(C(=O)/C(C#N)=C/c2cc(OC)c3c(c2)OCO3)cc1. The zero-order valence-corrected chi connectivity index (χ0v) is 13.7. The summed E-state index contributed by atoms with van der Waals surface area (Å²) in [6.07, 6.45) is 1.50. The Bertz CT molecular complexity index is 878. The first-order chi connectivity index (χ1) is 12.2. The highest BCUT2D eigenvalue weighted by atomic mass is 16.7. The van der Waals surface area contributed by atoms with E-state index in [4.69, 9.17) is 18.9 Å². The lowest BCUT2D eigenvalue weighted by molar-refractivity contribution is 0.104. The van der Waals surface area contributed by atoms with Gasteiger partial charge in [0.05, 0.1) is 14.2 Å². The molecule has 0 saturated heterocycles. The molecule has 0 saturated carbocycles. The second kappa shape index (κ2) is 6.97. The summed E-state index contributed by atoms with van der Waals surface area (Å²) in [5.74, 6) is 1.77. The van der Waals surface area contributed by atoms with Crippen LogP contribution in [0.15, 0.2) is 42.0 Å². The molecule has 0 spiro atoms. The van der Waals surface area contributed by atoms with Crippen molar-refractivity contribution >= 4 is 11.9 Å². The maximum absolute atomic E-state index is 12.5. The van der Waals surface area contributed by atoms with E-state index in [9.17, 15) is 10.1 Å². The number of allylic oxidation sites excluding steroid dienone is 1. The third-order valence-corrected chi connectivity index (χ3v) is 3.71. The Morgan fingerprint density at radius 3 is 2.56 bits per heavy atom. The lowest BCUT2D eigenvalue weighted by Gasteiger charge is -2.06. The first-order valence-electron chi connectivity index (χ1n) is 7.44. The van der Waals surface area contributed by atoms with Gasteiger partial charge in [-0.1, -0.05) is 0 Å². The van der Waals surface area contributed by atoms with E-state index >= 15 is 0 Å². The number of hydrogen-bond donors (Lipinski definition) is 0. The van der Waals surface area contributed by atoms with Crippen LogP contribution < -0.4 is 18.9 Å². The number of nitriles is 1. The zero-order valence-electron chi connectivity index (χ0n) is 13.7. The van der Waals surface area contributed by atoms with Crippen molar-refractivity contribution in [1.82, 2.24) is 0 Å². The van der Waals surface area contributed by atoms with E-state index in [1.807, 2.05) is 6.07 Å². The lowest BCUT2D eigenvalue weighted by Crippen LogP contribution is -2.02.